The monoisotopic (exact) mass is 447 g/mol. The molecule has 1 saturated heterocycles. The molecular weight excluding hydrogens is 414 g/mol. The molecule has 0 unspecified atom stereocenters. The van der Waals surface area contributed by atoms with E-state index in [1.165, 1.54) is 21.3 Å². The van der Waals surface area contributed by atoms with Gasteiger partial charge in [-0.05, 0) is 36.7 Å². The maximum atomic E-state index is 13.2. The number of ether oxygens (including phenoxy) is 3. The first-order chi connectivity index (χ1) is 15.0. The minimum atomic E-state index is -0.925. The lowest BCUT2D eigenvalue weighted by atomic mass is 9.64. The third-order valence-electron chi connectivity index (χ3n) is 6.19. The van der Waals surface area contributed by atoms with Crippen LogP contribution in [0, 0.1) is 11.3 Å². The van der Waals surface area contributed by atoms with Gasteiger partial charge in [0, 0.05) is 18.2 Å². The molecule has 0 aromatic heterocycles. The van der Waals surface area contributed by atoms with Crippen LogP contribution in [-0.4, -0.2) is 56.2 Å². The Morgan fingerprint density at radius 1 is 1.09 bits per heavy atom. The maximum Gasteiger partial charge on any atom is 0.325 e. The normalized spacial score (nSPS) is 24.3. The molecule has 3 rings (SSSR count). The van der Waals surface area contributed by atoms with Gasteiger partial charge < -0.3 is 24.8 Å². The molecule has 176 valence electrons. The molecule has 1 saturated carbocycles. The molecule has 2 N–H and O–H groups in total. The van der Waals surface area contributed by atoms with Crippen LogP contribution in [0.15, 0.2) is 12.1 Å². The van der Waals surface area contributed by atoms with Crippen LogP contribution < -0.4 is 24.8 Å². The third kappa shape index (κ3) is 4.61. The van der Waals surface area contributed by atoms with Crippen LogP contribution in [0.3, 0.4) is 0 Å². The van der Waals surface area contributed by atoms with E-state index in [0.717, 1.165) is 11.3 Å². The van der Waals surface area contributed by atoms with E-state index >= 15 is 0 Å². The number of carbonyl (C=O) groups is 3. The first-order valence-electron chi connectivity index (χ1n) is 10.7. The van der Waals surface area contributed by atoms with E-state index in [1.807, 2.05) is 0 Å². The minimum absolute atomic E-state index is 0.0666. The van der Waals surface area contributed by atoms with Crippen LogP contribution in [0.25, 0.3) is 0 Å². The summed E-state index contributed by atoms with van der Waals surface area (Å²) < 4.78 is 16.0. The van der Waals surface area contributed by atoms with Crippen LogP contribution in [0.5, 0.6) is 17.2 Å². The molecule has 9 nitrogen and oxygen atoms in total. The molecule has 0 radical (unpaired) electrons. The van der Waals surface area contributed by atoms with Crippen molar-refractivity contribution in [2.24, 2.45) is 11.3 Å². The summed E-state index contributed by atoms with van der Waals surface area (Å²) in [5, 5.41) is 5.64. The zero-order chi connectivity index (χ0) is 23.7. The van der Waals surface area contributed by atoms with Gasteiger partial charge in [-0.2, -0.15) is 0 Å². The SMILES string of the molecule is COc1cc(OC)c(OC)cc1CNC(=O)CN1C(=O)N[C@@]2(C[C@@H](C)CC(C)(C)C2)C1=O. The molecule has 1 aliphatic heterocycles. The molecule has 9 heteroatoms. The Morgan fingerprint density at radius 3 is 2.31 bits per heavy atom. The van der Waals surface area contributed by atoms with Crippen molar-refractivity contribution in [2.75, 3.05) is 27.9 Å². The zero-order valence-corrected chi connectivity index (χ0v) is 19.7. The van der Waals surface area contributed by atoms with Gasteiger partial charge >= 0.3 is 6.03 Å². The van der Waals surface area contributed by atoms with Gasteiger partial charge in [0.25, 0.3) is 5.91 Å². The van der Waals surface area contributed by atoms with Gasteiger partial charge in [-0.3, -0.25) is 14.5 Å². The van der Waals surface area contributed by atoms with E-state index < -0.39 is 17.5 Å². The van der Waals surface area contributed by atoms with Gasteiger partial charge in [0.05, 0.1) is 21.3 Å². The molecule has 1 spiro atoms. The van der Waals surface area contributed by atoms with Crippen LogP contribution in [0.1, 0.15) is 45.6 Å². The van der Waals surface area contributed by atoms with Gasteiger partial charge in [0.15, 0.2) is 11.5 Å². The molecule has 0 bridgehead atoms. The molecule has 2 aliphatic rings. The van der Waals surface area contributed by atoms with Crippen LogP contribution in [0.2, 0.25) is 0 Å². The number of methoxy groups -OCH3 is 3. The highest BCUT2D eigenvalue weighted by atomic mass is 16.5. The molecular formula is C23H33N3O6. The topological polar surface area (TPSA) is 106 Å². The fraction of sp³-hybridized carbons (Fsp3) is 0.609. The molecule has 1 aliphatic carbocycles. The van der Waals surface area contributed by atoms with E-state index in [2.05, 4.69) is 31.4 Å². The number of rotatable bonds is 7. The van der Waals surface area contributed by atoms with Crippen molar-refractivity contribution >= 4 is 17.8 Å². The van der Waals surface area contributed by atoms with Gasteiger partial charge in [-0.15, -0.1) is 0 Å². The Balaban J connectivity index is 1.68. The van der Waals surface area contributed by atoms with Crippen molar-refractivity contribution in [3.8, 4) is 17.2 Å². The number of benzene rings is 1. The second kappa shape index (κ2) is 8.88. The van der Waals surface area contributed by atoms with E-state index in [9.17, 15) is 14.4 Å². The largest absolute Gasteiger partial charge is 0.496 e. The Bertz CT molecular complexity index is 915. The Hall–Kier alpha value is -2.97. The quantitative estimate of drug-likeness (QED) is 0.622. The van der Waals surface area contributed by atoms with E-state index in [0.29, 0.717) is 41.6 Å². The Kier molecular flexibility index (Phi) is 6.57. The summed E-state index contributed by atoms with van der Waals surface area (Å²) in [7, 11) is 4.57. The molecule has 1 aromatic rings. The van der Waals surface area contributed by atoms with E-state index in [1.54, 1.807) is 12.1 Å². The summed E-state index contributed by atoms with van der Waals surface area (Å²) in [4.78, 5) is 39.5. The summed E-state index contributed by atoms with van der Waals surface area (Å²) in [6.07, 6.45) is 2.14. The highest BCUT2D eigenvalue weighted by molar-refractivity contribution is 6.09. The third-order valence-corrected chi connectivity index (χ3v) is 6.19. The standard InChI is InChI=1S/C23H33N3O6/c1-14-9-22(2,3)13-23(10-14)20(28)26(21(29)25-23)12-19(27)24-11-15-7-17(31-5)18(32-6)8-16(15)30-4/h7-8,14H,9-13H2,1-6H3,(H,24,27)(H,25,29)/t14-,23+/m0/s1. The Labute approximate surface area is 188 Å². The fourth-order valence-corrected chi connectivity index (χ4v) is 5.27. The van der Waals surface area contributed by atoms with Crippen molar-refractivity contribution < 1.29 is 28.6 Å². The highest BCUT2D eigenvalue weighted by Gasteiger charge is 2.56. The lowest BCUT2D eigenvalue weighted by Gasteiger charge is -2.43. The first-order valence-corrected chi connectivity index (χ1v) is 10.7. The highest BCUT2D eigenvalue weighted by Crippen LogP contribution is 2.46. The lowest BCUT2D eigenvalue weighted by molar-refractivity contribution is -0.137. The van der Waals surface area contributed by atoms with Crippen molar-refractivity contribution in [2.45, 2.75) is 52.1 Å². The summed E-state index contributed by atoms with van der Waals surface area (Å²) in [5.41, 5.74) is -0.316. The van der Waals surface area contributed by atoms with Crippen molar-refractivity contribution in [3.63, 3.8) is 0 Å². The average Bonchev–Trinajstić information content (AvgIpc) is 2.93. The van der Waals surface area contributed by atoms with Gasteiger partial charge in [-0.25, -0.2) is 4.79 Å². The minimum Gasteiger partial charge on any atom is -0.496 e. The lowest BCUT2D eigenvalue weighted by Crippen LogP contribution is -2.54. The van der Waals surface area contributed by atoms with Gasteiger partial charge in [-0.1, -0.05) is 20.8 Å². The first kappa shape index (κ1) is 23.7. The van der Waals surface area contributed by atoms with Crippen molar-refractivity contribution in [3.05, 3.63) is 17.7 Å². The summed E-state index contributed by atoms with van der Waals surface area (Å²) in [6.45, 7) is 6.11. The Morgan fingerprint density at radius 2 is 1.72 bits per heavy atom. The van der Waals surface area contributed by atoms with Crippen LogP contribution in [0.4, 0.5) is 4.79 Å². The predicted molar refractivity (Wildman–Crippen MR) is 118 cm³/mol. The number of amides is 4. The summed E-state index contributed by atoms with van der Waals surface area (Å²) in [5.74, 6) is 1.08. The number of nitrogens with one attached hydrogen (secondary N) is 2. The van der Waals surface area contributed by atoms with Gasteiger partial charge in [0.1, 0.15) is 17.8 Å². The van der Waals surface area contributed by atoms with E-state index in [4.69, 9.17) is 14.2 Å². The molecule has 2 fully saturated rings. The van der Waals surface area contributed by atoms with Crippen molar-refractivity contribution in [1.29, 1.82) is 0 Å². The smallest absolute Gasteiger partial charge is 0.325 e. The second-order valence-electron chi connectivity index (χ2n) is 9.55. The number of hydrogen-bond acceptors (Lipinski definition) is 6. The molecule has 1 aromatic carbocycles. The average molecular weight is 448 g/mol. The second-order valence-corrected chi connectivity index (χ2v) is 9.55. The van der Waals surface area contributed by atoms with Crippen molar-refractivity contribution in [1.82, 2.24) is 15.5 Å². The maximum absolute atomic E-state index is 13.2. The number of nitrogens with zero attached hydrogens (tertiary/aromatic N) is 1. The van der Waals surface area contributed by atoms with E-state index in [-0.39, 0.29) is 24.4 Å². The number of urea groups is 1. The molecule has 4 amide bonds. The summed E-state index contributed by atoms with van der Waals surface area (Å²) >= 11 is 0. The van der Waals surface area contributed by atoms with Crippen LogP contribution in [-0.2, 0) is 16.1 Å². The number of hydrogen-bond donors (Lipinski definition) is 2. The molecule has 1 heterocycles. The summed E-state index contributed by atoms with van der Waals surface area (Å²) in [6, 6.07) is 2.87. The number of imide groups is 1. The van der Waals surface area contributed by atoms with Gasteiger partial charge in [0.2, 0.25) is 5.91 Å². The molecule has 2 atom stereocenters. The fourth-order valence-electron chi connectivity index (χ4n) is 5.27. The van der Waals surface area contributed by atoms with Crippen LogP contribution >= 0.6 is 0 Å². The zero-order valence-electron chi connectivity index (χ0n) is 19.7. The number of carbonyl (C=O) groups excluding carboxylic acids is 3. The molecule has 32 heavy (non-hydrogen) atoms. The predicted octanol–water partition coefficient (Wildman–Crippen LogP) is 2.47.